The quantitative estimate of drug-likeness (QED) is 0.109. The van der Waals surface area contributed by atoms with Crippen LogP contribution in [0.1, 0.15) is 64.0 Å². The highest BCUT2D eigenvalue weighted by atomic mass is 16.3. The van der Waals surface area contributed by atoms with Crippen molar-refractivity contribution in [1.29, 1.82) is 5.26 Å². The molecule has 202 valence electrons. The van der Waals surface area contributed by atoms with Gasteiger partial charge < -0.3 is 10.4 Å². The van der Waals surface area contributed by atoms with Crippen molar-refractivity contribution in [1.82, 2.24) is 16.0 Å². The number of allylic oxidation sites excluding steroid dienone is 3. The highest BCUT2D eigenvalue weighted by Gasteiger charge is 2.48. The van der Waals surface area contributed by atoms with Crippen LogP contribution in [0, 0.1) is 29.1 Å². The Morgan fingerprint density at radius 3 is 2.47 bits per heavy atom. The van der Waals surface area contributed by atoms with Crippen LogP contribution >= 0.6 is 0 Å². The molecule has 9 heteroatoms. The lowest BCUT2D eigenvalue weighted by atomic mass is 9.81. The van der Waals surface area contributed by atoms with Gasteiger partial charge in [-0.15, -0.1) is 0 Å². The number of benzene rings is 1. The van der Waals surface area contributed by atoms with E-state index in [0.717, 1.165) is 31.2 Å². The topological polar surface area (TPSA) is 148 Å². The SMILES string of the molecule is C/C=C/C=C(\C#N)C(O)N[C@@H](CC(=O)N[C@H](C(=O)[C@@H]1C(=O)NC(=O)[C@H]1CC)C1CCCC1)c1ccccc1. The second kappa shape index (κ2) is 13.8. The van der Waals surface area contributed by atoms with Crippen molar-refractivity contribution >= 4 is 23.5 Å². The fraction of sp³-hybridized carbons (Fsp3) is 0.483. The number of amides is 3. The van der Waals surface area contributed by atoms with E-state index < -0.39 is 53.7 Å². The zero-order chi connectivity index (χ0) is 27.7. The van der Waals surface area contributed by atoms with Gasteiger partial charge in [0, 0.05) is 12.5 Å². The second-order valence-electron chi connectivity index (χ2n) is 9.83. The summed E-state index contributed by atoms with van der Waals surface area (Å²) in [6.07, 6.45) is 7.11. The largest absolute Gasteiger partial charge is 0.374 e. The first-order valence-electron chi connectivity index (χ1n) is 13.2. The van der Waals surface area contributed by atoms with Gasteiger partial charge in [0.25, 0.3) is 0 Å². The Labute approximate surface area is 223 Å². The minimum absolute atomic E-state index is 0.0889. The van der Waals surface area contributed by atoms with Crippen molar-refractivity contribution in [3.05, 3.63) is 59.7 Å². The van der Waals surface area contributed by atoms with E-state index in [2.05, 4.69) is 16.0 Å². The first kappa shape index (κ1) is 29.0. The van der Waals surface area contributed by atoms with Gasteiger partial charge in [0.15, 0.2) is 5.78 Å². The molecule has 1 aliphatic heterocycles. The average molecular weight is 521 g/mol. The lowest BCUT2D eigenvalue weighted by molar-refractivity contribution is -0.138. The van der Waals surface area contributed by atoms with Crippen LogP contribution in [-0.2, 0) is 19.2 Å². The summed E-state index contributed by atoms with van der Waals surface area (Å²) in [4.78, 5) is 51.7. The molecule has 0 radical (unpaired) electrons. The smallest absolute Gasteiger partial charge is 0.238 e. The van der Waals surface area contributed by atoms with Gasteiger partial charge in [0.2, 0.25) is 17.7 Å². The molecule has 2 fully saturated rings. The van der Waals surface area contributed by atoms with Crippen molar-refractivity contribution in [2.45, 2.75) is 70.7 Å². The highest BCUT2D eigenvalue weighted by molar-refractivity contribution is 6.16. The molecule has 38 heavy (non-hydrogen) atoms. The Bertz CT molecular complexity index is 1120. The molecule has 1 saturated heterocycles. The molecule has 5 atom stereocenters. The number of aliphatic hydroxyl groups is 1. The molecular weight excluding hydrogens is 484 g/mol. The zero-order valence-electron chi connectivity index (χ0n) is 21.9. The summed E-state index contributed by atoms with van der Waals surface area (Å²) in [6, 6.07) is 9.48. The van der Waals surface area contributed by atoms with Crippen LogP contribution in [-0.4, -0.2) is 40.9 Å². The third kappa shape index (κ3) is 7.03. The maximum atomic E-state index is 13.6. The van der Waals surface area contributed by atoms with Gasteiger partial charge in [-0.2, -0.15) is 5.26 Å². The van der Waals surface area contributed by atoms with E-state index in [4.69, 9.17) is 0 Å². The van der Waals surface area contributed by atoms with E-state index in [9.17, 15) is 29.5 Å². The lowest BCUT2D eigenvalue weighted by Crippen LogP contribution is -2.50. The van der Waals surface area contributed by atoms with Gasteiger partial charge in [-0.25, -0.2) is 0 Å². The van der Waals surface area contributed by atoms with Gasteiger partial charge in [-0.05, 0) is 43.7 Å². The molecule has 3 rings (SSSR count). The first-order valence-corrected chi connectivity index (χ1v) is 13.2. The second-order valence-corrected chi connectivity index (χ2v) is 9.83. The maximum absolute atomic E-state index is 13.6. The molecule has 0 aromatic heterocycles. The standard InChI is InChI=1S/C29H36N4O5/c1-3-5-11-20(17-30)27(36)31-22(18-12-7-6-8-13-18)16-23(34)32-25(19-14-9-10-15-19)26(35)24-21(4-2)28(37)33-29(24)38/h3,5-8,11-13,19,21-22,24-25,27,31,36H,4,9-10,14-16H2,1-2H3,(H,32,34)(H,33,37,38)/b5-3+,20-11+/t21-,22-,24+,25-,27?/m0/s1. The van der Waals surface area contributed by atoms with E-state index in [1.54, 1.807) is 50.3 Å². The molecule has 1 heterocycles. The monoisotopic (exact) mass is 520 g/mol. The molecule has 1 aromatic rings. The Morgan fingerprint density at radius 2 is 1.87 bits per heavy atom. The number of Topliss-reactive ketones (excluding diaryl/α,β-unsaturated/α-hetero) is 1. The number of aliphatic hydroxyl groups excluding tert-OH is 1. The van der Waals surface area contributed by atoms with E-state index in [1.807, 2.05) is 12.1 Å². The molecule has 0 spiro atoms. The van der Waals surface area contributed by atoms with E-state index in [-0.39, 0.29) is 17.9 Å². The van der Waals surface area contributed by atoms with Gasteiger partial charge in [-0.1, -0.05) is 62.2 Å². The van der Waals surface area contributed by atoms with Crippen molar-refractivity contribution in [3.8, 4) is 6.07 Å². The summed E-state index contributed by atoms with van der Waals surface area (Å²) >= 11 is 0. The third-order valence-corrected chi connectivity index (χ3v) is 7.35. The number of carbonyl (C=O) groups is 4. The number of nitriles is 1. The number of nitrogens with zero attached hydrogens (tertiary/aromatic N) is 1. The number of rotatable bonds is 12. The summed E-state index contributed by atoms with van der Waals surface area (Å²) in [5.74, 6) is -3.88. The van der Waals surface area contributed by atoms with Crippen LogP contribution < -0.4 is 16.0 Å². The Balaban J connectivity index is 1.81. The fourth-order valence-electron chi connectivity index (χ4n) is 5.33. The fourth-order valence-corrected chi connectivity index (χ4v) is 5.33. The minimum Gasteiger partial charge on any atom is -0.374 e. The summed E-state index contributed by atoms with van der Waals surface area (Å²) in [5, 5.41) is 28.2. The van der Waals surface area contributed by atoms with E-state index in [0.29, 0.717) is 6.42 Å². The molecule has 1 aromatic carbocycles. The number of ketones is 1. The average Bonchev–Trinajstić information content (AvgIpc) is 3.54. The Morgan fingerprint density at radius 1 is 1.18 bits per heavy atom. The minimum atomic E-state index is -1.32. The lowest BCUT2D eigenvalue weighted by Gasteiger charge is -2.28. The van der Waals surface area contributed by atoms with Crippen LogP contribution in [0.3, 0.4) is 0 Å². The Kier molecular flexibility index (Phi) is 10.5. The number of hydrogen-bond acceptors (Lipinski definition) is 7. The summed E-state index contributed by atoms with van der Waals surface area (Å²) in [6.45, 7) is 3.55. The van der Waals surface area contributed by atoms with Gasteiger partial charge in [0.1, 0.15) is 12.1 Å². The van der Waals surface area contributed by atoms with E-state index >= 15 is 0 Å². The van der Waals surface area contributed by atoms with Crippen LogP contribution in [0.4, 0.5) is 0 Å². The molecular formula is C29H36N4O5. The number of nitrogens with one attached hydrogen (secondary N) is 3. The molecule has 2 aliphatic rings. The zero-order valence-corrected chi connectivity index (χ0v) is 21.9. The van der Waals surface area contributed by atoms with E-state index in [1.165, 1.54) is 6.08 Å². The summed E-state index contributed by atoms with van der Waals surface area (Å²) < 4.78 is 0. The summed E-state index contributed by atoms with van der Waals surface area (Å²) in [5.41, 5.74) is 0.812. The van der Waals surface area contributed by atoms with Gasteiger partial charge in [0.05, 0.1) is 23.6 Å². The number of hydrogen-bond donors (Lipinski definition) is 4. The predicted molar refractivity (Wildman–Crippen MR) is 141 cm³/mol. The maximum Gasteiger partial charge on any atom is 0.238 e. The van der Waals surface area contributed by atoms with Crippen LogP contribution in [0.15, 0.2) is 54.1 Å². The molecule has 9 nitrogen and oxygen atoms in total. The molecule has 4 N–H and O–H groups in total. The molecule has 0 bridgehead atoms. The molecule has 1 unspecified atom stereocenters. The first-order chi connectivity index (χ1) is 18.3. The van der Waals surface area contributed by atoms with Crippen molar-refractivity contribution < 1.29 is 24.3 Å². The van der Waals surface area contributed by atoms with Crippen LogP contribution in [0.25, 0.3) is 0 Å². The van der Waals surface area contributed by atoms with Crippen molar-refractivity contribution in [3.63, 3.8) is 0 Å². The van der Waals surface area contributed by atoms with Gasteiger partial charge >= 0.3 is 0 Å². The normalized spacial score (nSPS) is 22.6. The van der Waals surface area contributed by atoms with Crippen LogP contribution in [0.2, 0.25) is 0 Å². The molecule has 1 aliphatic carbocycles. The molecule has 1 saturated carbocycles. The van der Waals surface area contributed by atoms with Crippen molar-refractivity contribution in [2.24, 2.45) is 17.8 Å². The number of carbonyl (C=O) groups excluding carboxylic acids is 4. The molecule has 3 amide bonds. The third-order valence-electron chi connectivity index (χ3n) is 7.35. The predicted octanol–water partition coefficient (Wildman–Crippen LogP) is 2.59. The Hall–Kier alpha value is -3.61. The van der Waals surface area contributed by atoms with Crippen molar-refractivity contribution in [2.75, 3.05) is 0 Å². The highest BCUT2D eigenvalue weighted by Crippen LogP contribution is 2.33. The van der Waals surface area contributed by atoms with Crippen LogP contribution in [0.5, 0.6) is 0 Å². The van der Waals surface area contributed by atoms with Gasteiger partial charge in [-0.3, -0.25) is 29.8 Å². The number of imide groups is 1. The summed E-state index contributed by atoms with van der Waals surface area (Å²) in [7, 11) is 0.